The molecule has 20 heavy (non-hydrogen) atoms. The van der Waals surface area contributed by atoms with Crippen LogP contribution in [0.15, 0.2) is 89.8 Å². The maximum atomic E-state index is 4.05. The summed E-state index contributed by atoms with van der Waals surface area (Å²) in [6, 6.07) is 8.55. The Bertz CT molecular complexity index is 622. The molecule has 0 saturated heterocycles. The maximum absolute atomic E-state index is 4.05. The molecule has 0 radical (unpaired) electrons. The van der Waals surface area contributed by atoms with Gasteiger partial charge in [-0.3, -0.25) is 0 Å². The van der Waals surface area contributed by atoms with Crippen LogP contribution in [-0.2, 0) is 0 Å². The molecule has 1 heteroatoms. The van der Waals surface area contributed by atoms with Gasteiger partial charge in [-0.25, -0.2) is 0 Å². The molecule has 0 aromatic heterocycles. The summed E-state index contributed by atoms with van der Waals surface area (Å²) in [6.07, 6.45) is 10.1. The Morgan fingerprint density at radius 1 is 0.850 bits per heavy atom. The largest absolute Gasteiger partial charge is 0.105 e. The first-order valence-electron chi connectivity index (χ1n) is 6.49. The number of aryl methyl sites for hydroxylation is 1. The van der Waals surface area contributed by atoms with Gasteiger partial charge in [-0.05, 0) is 40.0 Å². The monoisotopic (exact) mass is 278 g/mol. The van der Waals surface area contributed by atoms with E-state index in [1.807, 2.05) is 24.3 Å². The highest BCUT2D eigenvalue weighted by atomic mass is 32.2. The standard InChI is InChI=1S/C19H18S/c1-15-7-10-18(11-8-15)19-12-9-17(3)16(2)6-4-5-13-20-14-19/h4-14H,2-3H2,1H3/b6-4-,12-9-,13-5-,19-14+. The highest BCUT2D eigenvalue weighted by Crippen LogP contribution is 2.23. The number of rotatable bonds is 1. The van der Waals surface area contributed by atoms with Crippen molar-refractivity contribution in [2.24, 2.45) is 0 Å². The minimum Gasteiger partial charge on any atom is -0.105 e. The molecule has 0 saturated carbocycles. The van der Waals surface area contributed by atoms with Crippen LogP contribution in [0.25, 0.3) is 5.57 Å². The fourth-order valence-corrected chi connectivity index (χ4v) is 2.35. The van der Waals surface area contributed by atoms with Gasteiger partial charge in [-0.1, -0.05) is 73.4 Å². The summed E-state index contributed by atoms with van der Waals surface area (Å²) in [5.41, 5.74) is 5.51. The molecule has 2 rings (SSSR count). The third kappa shape index (κ3) is 4.01. The maximum Gasteiger partial charge on any atom is -0.0117 e. The molecule has 0 aliphatic carbocycles. The van der Waals surface area contributed by atoms with Crippen LogP contribution in [0.3, 0.4) is 0 Å². The number of benzene rings is 1. The Labute approximate surface area is 125 Å². The molecule has 0 bridgehead atoms. The molecule has 0 N–H and O–H groups in total. The minimum absolute atomic E-state index is 0.930. The van der Waals surface area contributed by atoms with E-state index in [4.69, 9.17) is 0 Å². The Morgan fingerprint density at radius 2 is 1.55 bits per heavy atom. The average Bonchev–Trinajstić information content (AvgIpc) is 2.48. The molecule has 0 fully saturated rings. The molecule has 0 amide bonds. The third-order valence-electron chi connectivity index (χ3n) is 3.02. The van der Waals surface area contributed by atoms with Gasteiger partial charge in [0, 0.05) is 0 Å². The van der Waals surface area contributed by atoms with Crippen LogP contribution in [-0.4, -0.2) is 0 Å². The van der Waals surface area contributed by atoms with Crippen molar-refractivity contribution >= 4 is 17.3 Å². The van der Waals surface area contributed by atoms with Crippen molar-refractivity contribution in [2.45, 2.75) is 6.92 Å². The van der Waals surface area contributed by atoms with E-state index >= 15 is 0 Å². The van der Waals surface area contributed by atoms with Crippen LogP contribution in [0.5, 0.6) is 0 Å². The summed E-state index contributed by atoms with van der Waals surface area (Å²) in [4.78, 5) is 0. The first-order valence-corrected chi connectivity index (χ1v) is 7.43. The lowest BCUT2D eigenvalue weighted by molar-refractivity contribution is 1.45. The molecular formula is C19H18S. The summed E-state index contributed by atoms with van der Waals surface area (Å²) < 4.78 is 0. The number of thioether (sulfide) groups is 1. The van der Waals surface area contributed by atoms with E-state index in [1.54, 1.807) is 11.8 Å². The topological polar surface area (TPSA) is 0 Å². The van der Waals surface area contributed by atoms with Crippen molar-refractivity contribution in [2.75, 3.05) is 0 Å². The molecule has 1 aromatic carbocycles. The number of hydrogen-bond donors (Lipinski definition) is 0. The van der Waals surface area contributed by atoms with Gasteiger partial charge in [-0.2, -0.15) is 0 Å². The van der Waals surface area contributed by atoms with Gasteiger partial charge in [-0.15, -0.1) is 11.8 Å². The quantitative estimate of drug-likeness (QED) is 0.623. The molecule has 0 spiro atoms. The van der Waals surface area contributed by atoms with Crippen LogP contribution in [0.4, 0.5) is 0 Å². The lowest BCUT2D eigenvalue weighted by atomic mass is 10.0. The second-order valence-electron chi connectivity index (χ2n) is 4.65. The summed E-state index contributed by atoms with van der Waals surface area (Å²) >= 11 is 1.67. The smallest absolute Gasteiger partial charge is 0.0117 e. The third-order valence-corrected chi connectivity index (χ3v) is 3.73. The lowest BCUT2D eigenvalue weighted by Crippen LogP contribution is -1.83. The van der Waals surface area contributed by atoms with Crippen LogP contribution < -0.4 is 0 Å². The van der Waals surface area contributed by atoms with Crippen LogP contribution in [0, 0.1) is 6.92 Å². The molecule has 1 aliphatic heterocycles. The van der Waals surface area contributed by atoms with Crippen LogP contribution in [0.2, 0.25) is 0 Å². The summed E-state index contributed by atoms with van der Waals surface area (Å²) in [5, 5.41) is 4.20. The number of hydrogen-bond acceptors (Lipinski definition) is 1. The molecule has 0 atom stereocenters. The van der Waals surface area contributed by atoms with Gasteiger partial charge in [0.15, 0.2) is 0 Å². The predicted molar refractivity (Wildman–Crippen MR) is 92.4 cm³/mol. The summed E-state index contributed by atoms with van der Waals surface area (Å²) in [6.45, 7) is 10.2. The molecule has 100 valence electrons. The summed E-state index contributed by atoms with van der Waals surface area (Å²) in [5.74, 6) is 0. The summed E-state index contributed by atoms with van der Waals surface area (Å²) in [7, 11) is 0. The van der Waals surface area contributed by atoms with Gasteiger partial charge in [0.05, 0.1) is 0 Å². The Morgan fingerprint density at radius 3 is 2.30 bits per heavy atom. The lowest BCUT2D eigenvalue weighted by Gasteiger charge is -2.04. The average molecular weight is 278 g/mol. The molecule has 1 heterocycles. The highest BCUT2D eigenvalue weighted by molar-refractivity contribution is 8.05. The zero-order chi connectivity index (χ0) is 14.4. The SMILES string of the molecule is C=C1/C=C\C=C/S/C=C(c2ccc(C)cc2)\C=C/C1=C. The van der Waals surface area contributed by atoms with Gasteiger partial charge >= 0.3 is 0 Å². The molecular weight excluding hydrogens is 260 g/mol. The van der Waals surface area contributed by atoms with Crippen molar-refractivity contribution in [3.8, 4) is 0 Å². The second kappa shape index (κ2) is 6.97. The van der Waals surface area contributed by atoms with Crippen LogP contribution >= 0.6 is 11.8 Å². The Kier molecular flexibility index (Phi) is 5.03. The van der Waals surface area contributed by atoms with E-state index in [2.05, 4.69) is 61.2 Å². The van der Waals surface area contributed by atoms with E-state index < -0.39 is 0 Å². The van der Waals surface area contributed by atoms with Crippen LogP contribution in [0.1, 0.15) is 11.1 Å². The highest BCUT2D eigenvalue weighted by Gasteiger charge is 1.99. The zero-order valence-corrected chi connectivity index (χ0v) is 12.5. The van der Waals surface area contributed by atoms with Crippen molar-refractivity contribution < 1.29 is 0 Å². The van der Waals surface area contributed by atoms with E-state index in [-0.39, 0.29) is 0 Å². The number of allylic oxidation sites excluding steroid dienone is 8. The van der Waals surface area contributed by atoms with Gasteiger partial charge < -0.3 is 0 Å². The Hall–Kier alpha value is -1.99. The zero-order valence-electron chi connectivity index (χ0n) is 11.7. The van der Waals surface area contributed by atoms with E-state index in [9.17, 15) is 0 Å². The second-order valence-corrected chi connectivity index (χ2v) is 5.43. The van der Waals surface area contributed by atoms with Crippen molar-refractivity contribution in [1.82, 2.24) is 0 Å². The predicted octanol–water partition coefficient (Wildman–Crippen LogP) is 5.82. The van der Waals surface area contributed by atoms with E-state index in [0.29, 0.717) is 0 Å². The first-order chi connectivity index (χ1) is 9.66. The van der Waals surface area contributed by atoms with E-state index in [0.717, 1.165) is 11.1 Å². The fourth-order valence-electron chi connectivity index (χ4n) is 1.73. The normalized spacial score (nSPS) is 23.4. The van der Waals surface area contributed by atoms with E-state index in [1.165, 1.54) is 16.7 Å². The molecule has 1 aliphatic rings. The minimum atomic E-state index is 0.930. The fraction of sp³-hybridized carbons (Fsp3) is 0.0526. The van der Waals surface area contributed by atoms with Crippen molar-refractivity contribution in [1.29, 1.82) is 0 Å². The molecule has 1 aromatic rings. The molecule has 0 unspecified atom stereocenters. The first kappa shape index (κ1) is 14.4. The van der Waals surface area contributed by atoms with Crippen molar-refractivity contribution in [3.05, 3.63) is 101 Å². The van der Waals surface area contributed by atoms with Crippen molar-refractivity contribution in [3.63, 3.8) is 0 Å². The Balaban J connectivity index is 2.35. The van der Waals surface area contributed by atoms with Gasteiger partial charge in [0.1, 0.15) is 0 Å². The van der Waals surface area contributed by atoms with Gasteiger partial charge in [0.2, 0.25) is 0 Å². The molecule has 0 nitrogen and oxygen atoms in total. The van der Waals surface area contributed by atoms with Gasteiger partial charge in [0.25, 0.3) is 0 Å².